The summed E-state index contributed by atoms with van der Waals surface area (Å²) in [4.78, 5) is 11.3. The number of rotatable bonds is 16. The van der Waals surface area contributed by atoms with Crippen LogP contribution in [0.2, 0.25) is 0 Å². The molecule has 3 heteroatoms. The van der Waals surface area contributed by atoms with Gasteiger partial charge < -0.3 is 9.84 Å². The molecule has 0 aliphatic carbocycles. The van der Waals surface area contributed by atoms with Crippen LogP contribution in [0.5, 0.6) is 0 Å². The van der Waals surface area contributed by atoms with E-state index in [1.54, 1.807) is 0 Å². The molecule has 0 aromatic rings. The number of hydrogen-bond acceptors (Lipinski definition) is 3. The summed E-state index contributed by atoms with van der Waals surface area (Å²) in [5.41, 5.74) is 0. The molecule has 0 aliphatic heterocycles. The van der Waals surface area contributed by atoms with Gasteiger partial charge in [-0.05, 0) is 26.7 Å². The first-order valence-electron chi connectivity index (χ1n) is 9.47. The molecule has 0 heterocycles. The highest BCUT2D eigenvalue weighted by Gasteiger charge is 2.04. The van der Waals surface area contributed by atoms with Gasteiger partial charge in [0.1, 0.15) is 0 Å². The van der Waals surface area contributed by atoms with E-state index in [-0.39, 0.29) is 12.1 Å². The van der Waals surface area contributed by atoms with E-state index in [1.807, 2.05) is 13.8 Å². The van der Waals surface area contributed by atoms with E-state index in [2.05, 4.69) is 0 Å². The molecular weight excluding hydrogens is 276 g/mol. The predicted molar refractivity (Wildman–Crippen MR) is 93.0 cm³/mol. The maximum Gasteiger partial charge on any atom is 0.306 e. The fraction of sp³-hybridized carbons (Fsp3) is 0.947. The fourth-order valence-corrected chi connectivity index (χ4v) is 2.65. The molecule has 0 unspecified atom stereocenters. The second-order valence-electron chi connectivity index (χ2n) is 6.61. The molecule has 0 spiro atoms. The Kier molecular flexibility index (Phi) is 16.4. The first-order chi connectivity index (χ1) is 10.7. The van der Waals surface area contributed by atoms with Gasteiger partial charge in [0.05, 0.1) is 6.10 Å². The van der Waals surface area contributed by atoms with Crippen LogP contribution < -0.4 is 0 Å². The minimum absolute atomic E-state index is 0.0159. The Balaban J connectivity index is 3.07. The molecule has 0 amide bonds. The van der Waals surface area contributed by atoms with Crippen molar-refractivity contribution in [2.45, 2.75) is 110 Å². The van der Waals surface area contributed by atoms with Crippen molar-refractivity contribution in [1.29, 1.82) is 0 Å². The molecule has 0 bridgehead atoms. The zero-order valence-electron chi connectivity index (χ0n) is 14.9. The van der Waals surface area contributed by atoms with E-state index in [1.165, 1.54) is 64.2 Å². The minimum atomic E-state index is -0.0472. The molecule has 0 atom stereocenters. The molecule has 0 aromatic carbocycles. The third-order valence-corrected chi connectivity index (χ3v) is 3.91. The lowest BCUT2D eigenvalue weighted by molar-refractivity contribution is -0.147. The molecule has 0 aromatic heterocycles. The SMILES string of the molecule is CC(C)OC(=O)CCCCCCCCCCCCCCCO. The predicted octanol–water partition coefficient (Wildman–Crippen LogP) is 5.39. The van der Waals surface area contributed by atoms with Gasteiger partial charge in [0.15, 0.2) is 0 Å². The Hall–Kier alpha value is -0.570. The topological polar surface area (TPSA) is 46.5 Å². The third-order valence-electron chi connectivity index (χ3n) is 3.91. The summed E-state index contributed by atoms with van der Waals surface area (Å²) in [7, 11) is 0. The minimum Gasteiger partial charge on any atom is -0.463 e. The van der Waals surface area contributed by atoms with Crippen molar-refractivity contribution in [2.75, 3.05) is 6.61 Å². The van der Waals surface area contributed by atoms with Gasteiger partial charge >= 0.3 is 5.97 Å². The normalized spacial score (nSPS) is 11.1. The van der Waals surface area contributed by atoms with Crippen molar-refractivity contribution in [1.82, 2.24) is 0 Å². The molecule has 0 radical (unpaired) electrons. The van der Waals surface area contributed by atoms with Gasteiger partial charge in [-0.3, -0.25) is 4.79 Å². The summed E-state index contributed by atoms with van der Waals surface area (Å²) < 4.78 is 5.11. The molecule has 0 saturated carbocycles. The van der Waals surface area contributed by atoms with E-state index in [0.717, 1.165) is 19.3 Å². The Morgan fingerprint density at radius 3 is 1.45 bits per heavy atom. The highest BCUT2D eigenvalue weighted by molar-refractivity contribution is 5.69. The van der Waals surface area contributed by atoms with Gasteiger partial charge in [0, 0.05) is 13.0 Å². The molecule has 0 saturated heterocycles. The van der Waals surface area contributed by atoms with Crippen LogP contribution in [-0.4, -0.2) is 23.8 Å². The van der Waals surface area contributed by atoms with E-state index in [0.29, 0.717) is 13.0 Å². The van der Waals surface area contributed by atoms with Gasteiger partial charge in [0.25, 0.3) is 0 Å². The zero-order valence-corrected chi connectivity index (χ0v) is 14.9. The van der Waals surface area contributed by atoms with Crippen molar-refractivity contribution < 1.29 is 14.6 Å². The highest BCUT2D eigenvalue weighted by atomic mass is 16.5. The van der Waals surface area contributed by atoms with Crippen molar-refractivity contribution >= 4 is 5.97 Å². The Morgan fingerprint density at radius 1 is 0.727 bits per heavy atom. The molecule has 0 rings (SSSR count). The Labute approximate surface area is 137 Å². The van der Waals surface area contributed by atoms with Crippen molar-refractivity contribution in [2.24, 2.45) is 0 Å². The van der Waals surface area contributed by atoms with E-state index < -0.39 is 0 Å². The van der Waals surface area contributed by atoms with Gasteiger partial charge in [0.2, 0.25) is 0 Å². The molecule has 1 N–H and O–H groups in total. The van der Waals surface area contributed by atoms with Crippen LogP contribution in [0, 0.1) is 0 Å². The summed E-state index contributed by atoms with van der Waals surface area (Å²) in [5.74, 6) is -0.0472. The van der Waals surface area contributed by atoms with Gasteiger partial charge in [-0.1, -0.05) is 70.6 Å². The van der Waals surface area contributed by atoms with Crippen LogP contribution in [0.25, 0.3) is 0 Å². The second-order valence-corrected chi connectivity index (χ2v) is 6.61. The summed E-state index contributed by atoms with van der Waals surface area (Å²) in [5, 5.41) is 8.68. The number of hydrogen-bond donors (Lipinski definition) is 1. The maximum absolute atomic E-state index is 11.3. The van der Waals surface area contributed by atoms with Crippen LogP contribution in [0.1, 0.15) is 104 Å². The summed E-state index contributed by atoms with van der Waals surface area (Å²) in [6, 6.07) is 0. The molecule has 0 fully saturated rings. The Morgan fingerprint density at radius 2 is 1.09 bits per heavy atom. The fourth-order valence-electron chi connectivity index (χ4n) is 2.65. The lowest BCUT2D eigenvalue weighted by Gasteiger charge is -2.07. The number of aliphatic hydroxyl groups is 1. The average Bonchev–Trinajstić information content (AvgIpc) is 2.47. The number of ether oxygens (including phenoxy) is 1. The monoisotopic (exact) mass is 314 g/mol. The smallest absolute Gasteiger partial charge is 0.306 e. The van der Waals surface area contributed by atoms with Crippen LogP contribution in [0.15, 0.2) is 0 Å². The quantitative estimate of drug-likeness (QED) is 0.307. The number of carbonyl (C=O) groups excluding carboxylic acids is 1. The van der Waals surface area contributed by atoms with Crippen molar-refractivity contribution in [3.8, 4) is 0 Å². The van der Waals surface area contributed by atoms with E-state index in [9.17, 15) is 4.79 Å². The molecule has 3 nitrogen and oxygen atoms in total. The Bertz CT molecular complexity index is 239. The van der Waals surface area contributed by atoms with Crippen LogP contribution in [0.4, 0.5) is 0 Å². The van der Waals surface area contributed by atoms with E-state index in [4.69, 9.17) is 9.84 Å². The van der Waals surface area contributed by atoms with Crippen LogP contribution in [-0.2, 0) is 9.53 Å². The third kappa shape index (κ3) is 17.5. The second kappa shape index (κ2) is 16.8. The summed E-state index contributed by atoms with van der Waals surface area (Å²) in [6.07, 6.45) is 16.8. The first-order valence-corrected chi connectivity index (χ1v) is 9.47. The largest absolute Gasteiger partial charge is 0.463 e. The van der Waals surface area contributed by atoms with Crippen LogP contribution in [0.3, 0.4) is 0 Å². The highest BCUT2D eigenvalue weighted by Crippen LogP contribution is 2.13. The summed E-state index contributed by atoms with van der Waals surface area (Å²) in [6.45, 7) is 4.14. The van der Waals surface area contributed by atoms with Crippen LogP contribution >= 0.6 is 0 Å². The lowest BCUT2D eigenvalue weighted by atomic mass is 10.0. The molecule has 0 aliphatic rings. The molecular formula is C19H38O3. The maximum atomic E-state index is 11.3. The number of unbranched alkanes of at least 4 members (excludes halogenated alkanes) is 12. The summed E-state index contributed by atoms with van der Waals surface area (Å²) >= 11 is 0. The molecule has 22 heavy (non-hydrogen) atoms. The standard InChI is InChI=1S/C19H38O3/c1-18(2)22-19(21)16-14-12-10-8-6-4-3-5-7-9-11-13-15-17-20/h18,20H,3-17H2,1-2H3. The number of aliphatic hydroxyl groups excluding tert-OH is 1. The number of carbonyl (C=O) groups is 1. The van der Waals surface area contributed by atoms with Gasteiger partial charge in [-0.25, -0.2) is 0 Å². The number of esters is 1. The zero-order chi connectivity index (χ0) is 16.5. The van der Waals surface area contributed by atoms with E-state index >= 15 is 0 Å². The van der Waals surface area contributed by atoms with Gasteiger partial charge in [-0.15, -0.1) is 0 Å². The van der Waals surface area contributed by atoms with Gasteiger partial charge in [-0.2, -0.15) is 0 Å². The van der Waals surface area contributed by atoms with Crippen molar-refractivity contribution in [3.05, 3.63) is 0 Å². The van der Waals surface area contributed by atoms with Crippen molar-refractivity contribution in [3.63, 3.8) is 0 Å². The molecule has 132 valence electrons. The lowest BCUT2D eigenvalue weighted by Crippen LogP contribution is -2.10. The first kappa shape index (κ1) is 21.4. The average molecular weight is 315 g/mol.